The number of para-hydroxylation sites is 4. The van der Waals surface area contributed by atoms with Crippen LogP contribution in [0.2, 0.25) is 0 Å². The molecule has 0 N–H and O–H groups in total. The fourth-order valence-electron chi connectivity index (χ4n) is 10.3. The number of hydrogen-bond acceptors (Lipinski definition) is 1. The minimum atomic E-state index is -0.165. The van der Waals surface area contributed by atoms with E-state index in [-0.39, 0.29) is 5.41 Å². The summed E-state index contributed by atoms with van der Waals surface area (Å²) in [7, 11) is 0. The molecule has 12 rings (SSSR count). The molecule has 0 unspecified atom stereocenters. The number of rotatable bonds is 7. The summed E-state index contributed by atoms with van der Waals surface area (Å²) in [5.74, 6) is 0. The lowest BCUT2D eigenvalue weighted by molar-refractivity contribution is 0.660. The fraction of sp³-hybridized carbons (Fsp3) is 0.0492. The molecule has 0 radical (unpaired) electrons. The standard InChI is InChI=1S/C61H44N2/c1-61(2)56-39-44(41-17-5-3-6-18-41)33-37-51(56)52-38-36-47(40-57(52)61)62(45-21-7-4-8-22-45)46-34-31-43(32-35-46)49-24-11-13-29-58(49)63-59-30-14-12-25-53(59)55-28-16-27-54(60(55)63)50-26-15-20-42-19-9-10-23-48(42)50/h3-40H,1-2H3. The van der Waals surface area contributed by atoms with E-state index < -0.39 is 0 Å². The summed E-state index contributed by atoms with van der Waals surface area (Å²) in [5.41, 5.74) is 19.4. The molecule has 10 aromatic carbocycles. The van der Waals surface area contributed by atoms with Gasteiger partial charge in [0.15, 0.2) is 0 Å². The number of anilines is 3. The predicted molar refractivity (Wildman–Crippen MR) is 267 cm³/mol. The lowest BCUT2D eigenvalue weighted by Crippen LogP contribution is -2.16. The molecule has 298 valence electrons. The summed E-state index contributed by atoms with van der Waals surface area (Å²) in [6.07, 6.45) is 0. The largest absolute Gasteiger partial charge is 0.310 e. The number of benzene rings is 10. The second kappa shape index (κ2) is 14.6. The maximum atomic E-state index is 2.49. The molecule has 0 amide bonds. The van der Waals surface area contributed by atoms with Crippen LogP contribution >= 0.6 is 0 Å². The van der Waals surface area contributed by atoms with Crippen molar-refractivity contribution in [2.24, 2.45) is 0 Å². The van der Waals surface area contributed by atoms with Gasteiger partial charge in [0.1, 0.15) is 0 Å². The monoisotopic (exact) mass is 804 g/mol. The highest BCUT2D eigenvalue weighted by Gasteiger charge is 2.36. The first-order chi connectivity index (χ1) is 31.0. The van der Waals surface area contributed by atoms with E-state index in [9.17, 15) is 0 Å². The van der Waals surface area contributed by atoms with Crippen molar-refractivity contribution >= 4 is 49.6 Å². The number of hydrogen-bond donors (Lipinski definition) is 0. The van der Waals surface area contributed by atoms with Gasteiger partial charge in [-0.1, -0.05) is 190 Å². The lowest BCUT2D eigenvalue weighted by atomic mass is 9.81. The summed E-state index contributed by atoms with van der Waals surface area (Å²) in [6.45, 7) is 4.75. The van der Waals surface area contributed by atoms with Gasteiger partial charge in [-0.15, -0.1) is 0 Å². The van der Waals surface area contributed by atoms with E-state index in [2.05, 4.69) is 254 Å². The molecular weight excluding hydrogens is 761 g/mol. The third-order valence-corrected chi connectivity index (χ3v) is 13.4. The molecule has 2 heteroatoms. The Morgan fingerprint density at radius 3 is 1.73 bits per heavy atom. The number of aromatic nitrogens is 1. The normalized spacial score (nSPS) is 12.7. The molecular formula is C61H44N2. The summed E-state index contributed by atoms with van der Waals surface area (Å²) in [4.78, 5) is 2.40. The van der Waals surface area contributed by atoms with Gasteiger partial charge >= 0.3 is 0 Å². The van der Waals surface area contributed by atoms with Gasteiger partial charge in [-0.05, 0) is 110 Å². The van der Waals surface area contributed by atoms with E-state index in [1.165, 1.54) is 82.6 Å². The van der Waals surface area contributed by atoms with Crippen LogP contribution in [0, 0.1) is 0 Å². The first-order valence-corrected chi connectivity index (χ1v) is 21.9. The lowest BCUT2D eigenvalue weighted by Gasteiger charge is -2.28. The summed E-state index contributed by atoms with van der Waals surface area (Å²) in [5, 5.41) is 4.99. The predicted octanol–water partition coefficient (Wildman–Crippen LogP) is 16.7. The van der Waals surface area contributed by atoms with E-state index in [1.54, 1.807) is 0 Å². The second-order valence-corrected chi connectivity index (χ2v) is 17.3. The fourth-order valence-corrected chi connectivity index (χ4v) is 10.3. The van der Waals surface area contributed by atoms with E-state index in [1.807, 2.05) is 0 Å². The molecule has 0 spiro atoms. The molecule has 0 atom stereocenters. The Kier molecular flexibility index (Phi) is 8.55. The van der Waals surface area contributed by atoms with Crippen LogP contribution in [-0.4, -0.2) is 4.57 Å². The van der Waals surface area contributed by atoms with Crippen LogP contribution < -0.4 is 4.90 Å². The van der Waals surface area contributed by atoms with Gasteiger partial charge in [0, 0.05) is 44.4 Å². The van der Waals surface area contributed by atoms with Crippen molar-refractivity contribution in [3.05, 3.63) is 242 Å². The van der Waals surface area contributed by atoms with Crippen LogP contribution in [0.3, 0.4) is 0 Å². The van der Waals surface area contributed by atoms with Gasteiger partial charge in [-0.3, -0.25) is 0 Å². The molecule has 1 heterocycles. The van der Waals surface area contributed by atoms with Crippen LogP contribution in [-0.2, 0) is 5.41 Å². The SMILES string of the molecule is CC1(C)c2cc(-c3ccccc3)ccc2-c2ccc(N(c3ccccc3)c3ccc(-c4ccccc4-n4c5ccccc5c5cccc(-c6cccc7ccccc67)c54)cc3)cc21. The van der Waals surface area contributed by atoms with Crippen LogP contribution in [0.5, 0.6) is 0 Å². The molecule has 1 aliphatic rings. The zero-order valence-corrected chi connectivity index (χ0v) is 35.3. The second-order valence-electron chi connectivity index (χ2n) is 17.3. The maximum absolute atomic E-state index is 2.49. The van der Waals surface area contributed by atoms with Crippen molar-refractivity contribution in [3.8, 4) is 50.2 Å². The van der Waals surface area contributed by atoms with Gasteiger partial charge in [0.2, 0.25) is 0 Å². The van der Waals surface area contributed by atoms with Gasteiger partial charge in [0.05, 0.1) is 16.7 Å². The highest BCUT2D eigenvalue weighted by atomic mass is 15.1. The molecule has 0 bridgehead atoms. The molecule has 63 heavy (non-hydrogen) atoms. The van der Waals surface area contributed by atoms with Gasteiger partial charge < -0.3 is 9.47 Å². The third-order valence-electron chi connectivity index (χ3n) is 13.4. The van der Waals surface area contributed by atoms with Gasteiger partial charge in [-0.2, -0.15) is 0 Å². The van der Waals surface area contributed by atoms with Crippen molar-refractivity contribution in [3.63, 3.8) is 0 Å². The van der Waals surface area contributed by atoms with Crippen LogP contribution in [0.25, 0.3) is 82.8 Å². The van der Waals surface area contributed by atoms with Crippen LogP contribution in [0.4, 0.5) is 17.1 Å². The van der Waals surface area contributed by atoms with Crippen molar-refractivity contribution in [1.29, 1.82) is 0 Å². The highest BCUT2D eigenvalue weighted by molar-refractivity contribution is 6.16. The first kappa shape index (κ1) is 36.9. The zero-order valence-electron chi connectivity index (χ0n) is 35.3. The van der Waals surface area contributed by atoms with Crippen molar-refractivity contribution < 1.29 is 0 Å². The minimum absolute atomic E-state index is 0.165. The molecule has 0 saturated heterocycles. The van der Waals surface area contributed by atoms with Gasteiger partial charge in [-0.25, -0.2) is 0 Å². The van der Waals surface area contributed by atoms with E-state index in [0.717, 1.165) is 28.3 Å². The average Bonchev–Trinajstić information content (AvgIpc) is 3.80. The van der Waals surface area contributed by atoms with Crippen molar-refractivity contribution in [2.75, 3.05) is 4.90 Å². The van der Waals surface area contributed by atoms with E-state index in [4.69, 9.17) is 0 Å². The Hall–Kier alpha value is -7.94. The number of fused-ring (bicyclic) bond motifs is 7. The Bertz CT molecular complexity index is 3520. The molecule has 1 aliphatic carbocycles. The first-order valence-electron chi connectivity index (χ1n) is 21.9. The third kappa shape index (κ3) is 5.94. The Morgan fingerprint density at radius 1 is 0.349 bits per heavy atom. The molecule has 11 aromatic rings. The molecule has 0 fully saturated rings. The smallest absolute Gasteiger partial charge is 0.0619 e. The Labute approximate surface area is 368 Å². The quantitative estimate of drug-likeness (QED) is 0.156. The van der Waals surface area contributed by atoms with Gasteiger partial charge in [0.25, 0.3) is 0 Å². The summed E-state index contributed by atoms with van der Waals surface area (Å²) >= 11 is 0. The number of nitrogens with zero attached hydrogens (tertiary/aromatic N) is 2. The summed E-state index contributed by atoms with van der Waals surface area (Å²) in [6, 6.07) is 84.5. The molecule has 0 aliphatic heterocycles. The Balaban J connectivity index is 0.973. The van der Waals surface area contributed by atoms with E-state index >= 15 is 0 Å². The maximum Gasteiger partial charge on any atom is 0.0619 e. The van der Waals surface area contributed by atoms with Crippen molar-refractivity contribution in [2.45, 2.75) is 19.3 Å². The topological polar surface area (TPSA) is 8.17 Å². The van der Waals surface area contributed by atoms with Crippen LogP contribution in [0.1, 0.15) is 25.0 Å². The minimum Gasteiger partial charge on any atom is -0.310 e. The molecule has 2 nitrogen and oxygen atoms in total. The average molecular weight is 805 g/mol. The summed E-state index contributed by atoms with van der Waals surface area (Å²) < 4.78 is 2.49. The van der Waals surface area contributed by atoms with Crippen molar-refractivity contribution in [1.82, 2.24) is 4.57 Å². The molecule has 1 aromatic heterocycles. The molecule has 0 saturated carbocycles. The zero-order chi connectivity index (χ0) is 42.1. The highest BCUT2D eigenvalue weighted by Crippen LogP contribution is 2.52. The Morgan fingerprint density at radius 2 is 0.905 bits per heavy atom. The van der Waals surface area contributed by atoms with E-state index in [0.29, 0.717) is 0 Å². The van der Waals surface area contributed by atoms with Crippen LogP contribution in [0.15, 0.2) is 231 Å².